The first-order chi connectivity index (χ1) is 8.29. The molecule has 0 unspecified atom stereocenters. The summed E-state index contributed by atoms with van der Waals surface area (Å²) in [7, 11) is -3.01. The highest BCUT2D eigenvalue weighted by atomic mass is 32.2. The van der Waals surface area contributed by atoms with Gasteiger partial charge in [-0.3, -0.25) is 0 Å². The minimum atomic E-state index is -3.01. The van der Waals surface area contributed by atoms with Gasteiger partial charge < -0.3 is 9.84 Å². The fourth-order valence-corrected chi connectivity index (χ4v) is 2.07. The normalized spacial score (nSPS) is 11.2. The van der Waals surface area contributed by atoms with Crippen LogP contribution in [0.5, 0.6) is 5.75 Å². The molecule has 0 fully saturated rings. The zero-order valence-electron chi connectivity index (χ0n) is 10.3. The SMILES string of the molecule is Cc1ccc(C(=O)O)c(OCCCS(C)(=O)=O)c1. The minimum Gasteiger partial charge on any atom is -0.493 e. The second kappa shape index (κ2) is 5.86. The molecule has 0 saturated heterocycles. The molecule has 1 aromatic rings. The van der Waals surface area contributed by atoms with Crippen LogP contribution >= 0.6 is 0 Å². The van der Waals surface area contributed by atoms with Gasteiger partial charge in [-0.25, -0.2) is 13.2 Å². The number of hydrogen-bond acceptors (Lipinski definition) is 4. The number of sulfone groups is 1. The molecule has 0 saturated carbocycles. The van der Waals surface area contributed by atoms with Crippen molar-refractivity contribution in [2.75, 3.05) is 18.6 Å². The number of carboxylic acid groups (broad SMARTS) is 1. The van der Waals surface area contributed by atoms with E-state index >= 15 is 0 Å². The number of aromatic carboxylic acids is 1. The number of hydrogen-bond donors (Lipinski definition) is 1. The molecule has 100 valence electrons. The molecule has 18 heavy (non-hydrogen) atoms. The average Bonchev–Trinajstić information content (AvgIpc) is 2.22. The van der Waals surface area contributed by atoms with Crippen LogP contribution in [0.4, 0.5) is 0 Å². The van der Waals surface area contributed by atoms with Crippen molar-refractivity contribution in [3.8, 4) is 5.75 Å². The molecule has 0 aromatic heterocycles. The second-order valence-electron chi connectivity index (χ2n) is 4.14. The fourth-order valence-electron chi connectivity index (χ4n) is 1.43. The number of carboxylic acids is 1. The summed E-state index contributed by atoms with van der Waals surface area (Å²) in [5.74, 6) is -0.759. The molecule has 0 amide bonds. The van der Waals surface area contributed by atoms with Gasteiger partial charge in [0.15, 0.2) is 0 Å². The van der Waals surface area contributed by atoms with E-state index in [1.54, 1.807) is 12.1 Å². The highest BCUT2D eigenvalue weighted by Gasteiger charge is 2.11. The zero-order chi connectivity index (χ0) is 13.8. The smallest absolute Gasteiger partial charge is 0.339 e. The Hall–Kier alpha value is -1.56. The summed E-state index contributed by atoms with van der Waals surface area (Å²) < 4.78 is 27.2. The third-order valence-electron chi connectivity index (χ3n) is 2.28. The molecule has 0 bridgehead atoms. The monoisotopic (exact) mass is 272 g/mol. The van der Waals surface area contributed by atoms with Crippen molar-refractivity contribution >= 4 is 15.8 Å². The van der Waals surface area contributed by atoms with Gasteiger partial charge in [-0.2, -0.15) is 0 Å². The van der Waals surface area contributed by atoms with Crippen LogP contribution in [0.3, 0.4) is 0 Å². The molecular formula is C12H16O5S. The molecule has 1 N–H and O–H groups in total. The summed E-state index contributed by atoms with van der Waals surface area (Å²) in [5.41, 5.74) is 0.970. The lowest BCUT2D eigenvalue weighted by Gasteiger charge is -2.09. The number of rotatable bonds is 6. The summed E-state index contributed by atoms with van der Waals surface area (Å²) in [6.07, 6.45) is 1.49. The van der Waals surface area contributed by atoms with E-state index in [1.807, 2.05) is 6.92 Å². The lowest BCUT2D eigenvalue weighted by molar-refractivity contribution is 0.0692. The third-order valence-corrected chi connectivity index (χ3v) is 3.31. The maximum Gasteiger partial charge on any atom is 0.339 e. The maximum absolute atomic E-state index is 10.9. The highest BCUT2D eigenvalue weighted by molar-refractivity contribution is 7.90. The summed E-state index contributed by atoms with van der Waals surface area (Å²) >= 11 is 0. The van der Waals surface area contributed by atoms with Crippen LogP contribution in [0.15, 0.2) is 18.2 Å². The third kappa shape index (κ3) is 4.75. The maximum atomic E-state index is 10.9. The van der Waals surface area contributed by atoms with E-state index in [2.05, 4.69) is 0 Å². The van der Waals surface area contributed by atoms with Gasteiger partial charge in [0.2, 0.25) is 0 Å². The van der Waals surface area contributed by atoms with E-state index in [0.29, 0.717) is 6.42 Å². The van der Waals surface area contributed by atoms with Gasteiger partial charge in [0.25, 0.3) is 0 Å². The number of benzene rings is 1. The number of aryl methyl sites for hydroxylation is 1. The van der Waals surface area contributed by atoms with Gasteiger partial charge in [0.05, 0.1) is 12.4 Å². The molecule has 0 spiro atoms. The van der Waals surface area contributed by atoms with Gasteiger partial charge in [0.1, 0.15) is 21.2 Å². The van der Waals surface area contributed by atoms with E-state index in [-0.39, 0.29) is 23.7 Å². The molecule has 1 aromatic carbocycles. The number of carbonyl (C=O) groups is 1. The molecule has 0 aliphatic carbocycles. The predicted molar refractivity (Wildman–Crippen MR) is 68.0 cm³/mol. The Morgan fingerprint density at radius 3 is 2.61 bits per heavy atom. The van der Waals surface area contributed by atoms with Crippen LogP contribution in [0.1, 0.15) is 22.3 Å². The van der Waals surface area contributed by atoms with Crippen molar-refractivity contribution in [1.82, 2.24) is 0 Å². The first-order valence-electron chi connectivity index (χ1n) is 5.44. The van der Waals surface area contributed by atoms with Crippen LogP contribution in [-0.4, -0.2) is 38.1 Å². The van der Waals surface area contributed by atoms with Crippen LogP contribution < -0.4 is 4.74 Å². The molecule has 0 aliphatic rings. The quantitative estimate of drug-likeness (QED) is 0.794. The summed E-state index contributed by atoms with van der Waals surface area (Å²) in [4.78, 5) is 10.9. The van der Waals surface area contributed by atoms with Gasteiger partial charge in [-0.05, 0) is 31.0 Å². The van der Waals surface area contributed by atoms with Crippen molar-refractivity contribution in [2.24, 2.45) is 0 Å². The minimum absolute atomic E-state index is 0.0290. The van der Waals surface area contributed by atoms with E-state index in [0.717, 1.165) is 11.8 Å². The molecule has 0 aliphatic heterocycles. The van der Waals surface area contributed by atoms with Crippen molar-refractivity contribution in [3.63, 3.8) is 0 Å². The first-order valence-corrected chi connectivity index (χ1v) is 7.50. The highest BCUT2D eigenvalue weighted by Crippen LogP contribution is 2.20. The Balaban J connectivity index is 2.66. The van der Waals surface area contributed by atoms with Crippen molar-refractivity contribution in [3.05, 3.63) is 29.3 Å². The van der Waals surface area contributed by atoms with Crippen molar-refractivity contribution in [1.29, 1.82) is 0 Å². The first kappa shape index (κ1) is 14.5. The van der Waals surface area contributed by atoms with Crippen molar-refractivity contribution < 1.29 is 23.1 Å². The molecular weight excluding hydrogens is 256 g/mol. The summed E-state index contributed by atoms with van der Waals surface area (Å²) in [6.45, 7) is 2.01. The second-order valence-corrected chi connectivity index (χ2v) is 6.40. The summed E-state index contributed by atoms with van der Waals surface area (Å²) in [5, 5.41) is 8.97. The van der Waals surface area contributed by atoms with E-state index in [1.165, 1.54) is 6.07 Å². The molecule has 0 atom stereocenters. The number of ether oxygens (including phenoxy) is 1. The van der Waals surface area contributed by atoms with Crippen LogP contribution in [-0.2, 0) is 9.84 Å². The van der Waals surface area contributed by atoms with Gasteiger partial charge in [-0.1, -0.05) is 6.07 Å². The predicted octanol–water partition coefficient (Wildman–Crippen LogP) is 1.51. The van der Waals surface area contributed by atoms with Gasteiger partial charge in [-0.15, -0.1) is 0 Å². The Kier molecular flexibility index (Phi) is 4.72. The van der Waals surface area contributed by atoms with Gasteiger partial charge >= 0.3 is 5.97 Å². The zero-order valence-corrected chi connectivity index (χ0v) is 11.2. The summed E-state index contributed by atoms with van der Waals surface area (Å²) in [6, 6.07) is 4.79. The molecule has 5 nitrogen and oxygen atoms in total. The van der Waals surface area contributed by atoms with Gasteiger partial charge in [0, 0.05) is 6.26 Å². The van der Waals surface area contributed by atoms with E-state index in [4.69, 9.17) is 9.84 Å². The van der Waals surface area contributed by atoms with E-state index < -0.39 is 15.8 Å². The fraction of sp³-hybridized carbons (Fsp3) is 0.417. The van der Waals surface area contributed by atoms with Crippen LogP contribution in [0.25, 0.3) is 0 Å². The molecule has 0 radical (unpaired) electrons. The Morgan fingerprint density at radius 2 is 2.06 bits per heavy atom. The van der Waals surface area contributed by atoms with E-state index in [9.17, 15) is 13.2 Å². The average molecular weight is 272 g/mol. The van der Waals surface area contributed by atoms with Crippen molar-refractivity contribution in [2.45, 2.75) is 13.3 Å². The Labute approximate surface area is 106 Å². The van der Waals surface area contributed by atoms with Crippen LogP contribution in [0, 0.1) is 6.92 Å². The molecule has 1 rings (SSSR count). The topological polar surface area (TPSA) is 80.7 Å². The largest absolute Gasteiger partial charge is 0.493 e. The van der Waals surface area contributed by atoms with Crippen LogP contribution in [0.2, 0.25) is 0 Å². The standard InChI is InChI=1S/C12H16O5S/c1-9-4-5-10(12(13)14)11(8-9)17-6-3-7-18(2,15)16/h4-5,8H,3,6-7H2,1-2H3,(H,13,14). The lowest BCUT2D eigenvalue weighted by Crippen LogP contribution is -2.10. The molecule has 0 heterocycles. The Morgan fingerprint density at radius 1 is 1.39 bits per heavy atom. The molecule has 6 heteroatoms. The lowest BCUT2D eigenvalue weighted by atomic mass is 10.1. The Bertz CT molecular complexity index is 533.